The molecule has 0 saturated carbocycles. The SMILES string of the molecule is CCCc1ccc(OC)c2c1C1(CCC)C=CC(O)CC1O2. The standard InChI is InChI=1S/C19H26O3/c1-4-6-13-7-8-15(21-3)18-17(13)19(10-5-2)11-9-14(20)12-16(19)22-18/h7-9,11,14,16,20H,4-6,10,12H2,1-3H3. The van der Waals surface area contributed by atoms with Gasteiger partial charge in [0.15, 0.2) is 11.5 Å². The van der Waals surface area contributed by atoms with E-state index in [1.165, 1.54) is 11.1 Å². The van der Waals surface area contributed by atoms with E-state index < -0.39 is 6.10 Å². The summed E-state index contributed by atoms with van der Waals surface area (Å²) in [6, 6.07) is 4.20. The highest BCUT2D eigenvalue weighted by atomic mass is 16.5. The molecule has 0 bridgehead atoms. The molecule has 1 N–H and O–H groups in total. The first kappa shape index (κ1) is 15.4. The zero-order valence-electron chi connectivity index (χ0n) is 13.8. The van der Waals surface area contributed by atoms with Crippen LogP contribution in [0.4, 0.5) is 0 Å². The second-order valence-corrected chi connectivity index (χ2v) is 6.44. The Kier molecular flexibility index (Phi) is 4.18. The van der Waals surface area contributed by atoms with E-state index in [4.69, 9.17) is 9.47 Å². The maximum absolute atomic E-state index is 10.0. The Morgan fingerprint density at radius 1 is 1.32 bits per heavy atom. The highest BCUT2D eigenvalue weighted by molar-refractivity contribution is 5.60. The first-order valence-corrected chi connectivity index (χ1v) is 8.40. The second kappa shape index (κ2) is 5.96. The van der Waals surface area contributed by atoms with Gasteiger partial charge in [-0.15, -0.1) is 0 Å². The maximum atomic E-state index is 10.0. The number of methoxy groups -OCH3 is 1. The van der Waals surface area contributed by atoms with Gasteiger partial charge in [0, 0.05) is 12.0 Å². The molecule has 1 heterocycles. The van der Waals surface area contributed by atoms with E-state index in [0.717, 1.165) is 37.2 Å². The second-order valence-electron chi connectivity index (χ2n) is 6.44. The fraction of sp³-hybridized carbons (Fsp3) is 0.579. The van der Waals surface area contributed by atoms with Gasteiger partial charge in [0.25, 0.3) is 0 Å². The van der Waals surface area contributed by atoms with E-state index in [9.17, 15) is 5.11 Å². The fourth-order valence-electron chi connectivity index (χ4n) is 4.09. The van der Waals surface area contributed by atoms with Crippen LogP contribution in [0.5, 0.6) is 11.5 Å². The molecule has 0 aromatic heterocycles. The van der Waals surface area contributed by atoms with E-state index in [1.807, 2.05) is 12.1 Å². The van der Waals surface area contributed by atoms with Crippen LogP contribution in [0.15, 0.2) is 24.3 Å². The summed E-state index contributed by atoms with van der Waals surface area (Å²) in [7, 11) is 1.69. The van der Waals surface area contributed by atoms with Crippen molar-refractivity contribution in [2.45, 2.75) is 63.6 Å². The van der Waals surface area contributed by atoms with Crippen molar-refractivity contribution >= 4 is 0 Å². The summed E-state index contributed by atoms with van der Waals surface area (Å²) in [4.78, 5) is 0. The summed E-state index contributed by atoms with van der Waals surface area (Å²) in [5.41, 5.74) is 2.54. The lowest BCUT2D eigenvalue weighted by Crippen LogP contribution is -2.42. The van der Waals surface area contributed by atoms with Gasteiger partial charge in [-0.05, 0) is 24.5 Å². The minimum Gasteiger partial charge on any atom is -0.493 e. The molecule has 3 atom stereocenters. The molecule has 1 aromatic rings. The third-order valence-electron chi connectivity index (χ3n) is 4.98. The van der Waals surface area contributed by atoms with Gasteiger partial charge in [0.05, 0.1) is 18.6 Å². The molecule has 1 aromatic carbocycles. The fourth-order valence-corrected chi connectivity index (χ4v) is 4.09. The molecule has 1 aliphatic carbocycles. The van der Waals surface area contributed by atoms with Crippen molar-refractivity contribution in [3.8, 4) is 11.5 Å². The Hall–Kier alpha value is -1.48. The van der Waals surface area contributed by atoms with Crippen molar-refractivity contribution < 1.29 is 14.6 Å². The summed E-state index contributed by atoms with van der Waals surface area (Å²) < 4.78 is 11.8. The van der Waals surface area contributed by atoms with E-state index in [0.29, 0.717) is 6.42 Å². The lowest BCUT2D eigenvalue weighted by molar-refractivity contribution is 0.0843. The molecule has 3 heteroatoms. The molecule has 2 aliphatic rings. The van der Waals surface area contributed by atoms with Gasteiger partial charge in [0.1, 0.15) is 6.10 Å². The molecule has 0 radical (unpaired) electrons. The quantitative estimate of drug-likeness (QED) is 0.842. The molecule has 0 spiro atoms. The highest BCUT2D eigenvalue weighted by Gasteiger charge is 2.51. The van der Waals surface area contributed by atoms with E-state index in [2.05, 4.69) is 26.0 Å². The van der Waals surface area contributed by atoms with Crippen molar-refractivity contribution in [3.05, 3.63) is 35.4 Å². The molecule has 0 saturated heterocycles. The van der Waals surface area contributed by atoms with Crippen LogP contribution in [0.1, 0.15) is 50.7 Å². The van der Waals surface area contributed by atoms with Gasteiger partial charge in [-0.2, -0.15) is 0 Å². The van der Waals surface area contributed by atoms with Crippen molar-refractivity contribution in [2.75, 3.05) is 7.11 Å². The Morgan fingerprint density at radius 2 is 2.14 bits per heavy atom. The Balaban J connectivity index is 2.19. The van der Waals surface area contributed by atoms with Crippen molar-refractivity contribution in [1.29, 1.82) is 0 Å². The largest absolute Gasteiger partial charge is 0.493 e. The Bertz CT molecular complexity index is 578. The number of ether oxygens (including phenoxy) is 2. The zero-order chi connectivity index (χ0) is 15.7. The number of benzene rings is 1. The van der Waals surface area contributed by atoms with E-state index in [-0.39, 0.29) is 11.5 Å². The molecule has 3 rings (SSSR count). The van der Waals surface area contributed by atoms with E-state index >= 15 is 0 Å². The minimum atomic E-state index is -0.412. The van der Waals surface area contributed by atoms with Crippen molar-refractivity contribution in [2.24, 2.45) is 0 Å². The first-order chi connectivity index (χ1) is 10.7. The van der Waals surface area contributed by atoms with Gasteiger partial charge in [0.2, 0.25) is 0 Å². The van der Waals surface area contributed by atoms with Crippen LogP contribution in [0.2, 0.25) is 0 Å². The number of fused-ring (bicyclic) bond motifs is 3. The lowest BCUT2D eigenvalue weighted by Gasteiger charge is -2.36. The zero-order valence-corrected chi connectivity index (χ0v) is 13.8. The molecule has 0 fully saturated rings. The maximum Gasteiger partial charge on any atom is 0.166 e. The van der Waals surface area contributed by atoms with Gasteiger partial charge in [-0.1, -0.05) is 44.9 Å². The predicted molar refractivity (Wildman–Crippen MR) is 87.8 cm³/mol. The smallest absolute Gasteiger partial charge is 0.166 e. The van der Waals surface area contributed by atoms with Crippen molar-refractivity contribution in [1.82, 2.24) is 0 Å². The topological polar surface area (TPSA) is 38.7 Å². The number of hydrogen-bond donors (Lipinski definition) is 1. The van der Waals surface area contributed by atoms with Crippen LogP contribution in [-0.2, 0) is 11.8 Å². The molecular formula is C19H26O3. The normalized spacial score (nSPS) is 28.9. The molecule has 120 valence electrons. The van der Waals surface area contributed by atoms with Gasteiger partial charge >= 0.3 is 0 Å². The summed E-state index contributed by atoms with van der Waals surface area (Å²) in [5, 5.41) is 10.0. The van der Waals surface area contributed by atoms with Gasteiger partial charge < -0.3 is 14.6 Å². The molecule has 22 heavy (non-hydrogen) atoms. The van der Waals surface area contributed by atoms with Crippen LogP contribution in [0, 0.1) is 0 Å². The number of aliphatic hydroxyl groups is 1. The first-order valence-electron chi connectivity index (χ1n) is 8.40. The number of hydrogen-bond acceptors (Lipinski definition) is 3. The van der Waals surface area contributed by atoms with Crippen LogP contribution in [-0.4, -0.2) is 24.4 Å². The molecule has 0 amide bonds. The van der Waals surface area contributed by atoms with Crippen LogP contribution < -0.4 is 9.47 Å². The molecule has 3 unspecified atom stereocenters. The molecular weight excluding hydrogens is 276 g/mol. The number of aryl methyl sites for hydroxylation is 1. The number of aliphatic hydroxyl groups excluding tert-OH is 1. The minimum absolute atomic E-state index is 0.00866. The monoisotopic (exact) mass is 302 g/mol. The average molecular weight is 302 g/mol. The molecule has 1 aliphatic heterocycles. The van der Waals surface area contributed by atoms with Crippen LogP contribution in [0.25, 0.3) is 0 Å². The summed E-state index contributed by atoms with van der Waals surface area (Å²) >= 11 is 0. The van der Waals surface area contributed by atoms with Crippen LogP contribution >= 0.6 is 0 Å². The van der Waals surface area contributed by atoms with Crippen molar-refractivity contribution in [3.63, 3.8) is 0 Å². The van der Waals surface area contributed by atoms with Crippen LogP contribution in [0.3, 0.4) is 0 Å². The predicted octanol–water partition coefficient (Wildman–Crippen LogP) is 3.77. The van der Waals surface area contributed by atoms with E-state index in [1.54, 1.807) is 7.11 Å². The van der Waals surface area contributed by atoms with Gasteiger partial charge in [-0.25, -0.2) is 0 Å². The Morgan fingerprint density at radius 3 is 2.82 bits per heavy atom. The number of rotatable bonds is 5. The average Bonchev–Trinajstić information content (AvgIpc) is 2.83. The Labute approximate surface area is 132 Å². The lowest BCUT2D eigenvalue weighted by atomic mass is 9.68. The van der Waals surface area contributed by atoms with Gasteiger partial charge in [-0.3, -0.25) is 0 Å². The summed E-state index contributed by atoms with van der Waals surface area (Å²) in [6.07, 6.45) is 8.67. The third kappa shape index (κ3) is 2.23. The molecule has 3 nitrogen and oxygen atoms in total. The third-order valence-corrected chi connectivity index (χ3v) is 4.98. The summed E-state index contributed by atoms with van der Waals surface area (Å²) in [5.74, 6) is 1.70. The highest BCUT2D eigenvalue weighted by Crippen LogP contribution is 2.55. The summed E-state index contributed by atoms with van der Waals surface area (Å²) in [6.45, 7) is 4.42.